The van der Waals surface area contributed by atoms with Crippen LogP contribution in [0.2, 0.25) is 0 Å². The number of hydrogen-bond acceptors (Lipinski definition) is 2. The molecule has 1 rings (SSSR count). The zero-order valence-corrected chi connectivity index (χ0v) is 8.50. The van der Waals surface area contributed by atoms with Crippen LogP contribution in [-0.4, -0.2) is 12.6 Å². The van der Waals surface area contributed by atoms with Crippen LogP contribution in [0.15, 0.2) is 36.1 Å². The first-order chi connectivity index (χ1) is 6.61. The van der Waals surface area contributed by atoms with Crippen molar-refractivity contribution in [1.82, 2.24) is 0 Å². The van der Waals surface area contributed by atoms with Crippen LogP contribution < -0.4 is 0 Å². The fourth-order valence-electron chi connectivity index (χ4n) is 1.19. The molecule has 0 aromatic rings. The van der Waals surface area contributed by atoms with Gasteiger partial charge in [-0.1, -0.05) is 25.7 Å². The summed E-state index contributed by atoms with van der Waals surface area (Å²) >= 11 is 0. The standard InChI is InChI=1S/C11H15FO2/c1-4-10-6-5-8(2)13-11(12)14-9(3)7-10/h5-7,9,11H,2,4H2,1,3H3/b6-5-,10-7-. The number of ether oxygens (including phenoxy) is 2. The molecule has 0 saturated carbocycles. The Morgan fingerprint density at radius 2 is 2.21 bits per heavy atom. The molecule has 0 aromatic heterocycles. The van der Waals surface area contributed by atoms with Gasteiger partial charge < -0.3 is 9.47 Å². The molecule has 2 unspecified atom stereocenters. The lowest BCUT2D eigenvalue weighted by molar-refractivity contribution is -0.206. The van der Waals surface area contributed by atoms with Crippen molar-refractivity contribution < 1.29 is 13.9 Å². The van der Waals surface area contributed by atoms with Crippen LogP contribution >= 0.6 is 0 Å². The molecule has 78 valence electrons. The van der Waals surface area contributed by atoms with Crippen molar-refractivity contribution in [1.29, 1.82) is 0 Å². The molecule has 1 heterocycles. The number of halogens is 1. The quantitative estimate of drug-likeness (QED) is 0.644. The van der Waals surface area contributed by atoms with Gasteiger partial charge in [-0.25, -0.2) is 0 Å². The van der Waals surface area contributed by atoms with Crippen molar-refractivity contribution in [2.45, 2.75) is 32.9 Å². The molecule has 0 aromatic carbocycles. The Balaban J connectivity index is 2.82. The molecule has 0 radical (unpaired) electrons. The molecule has 0 fully saturated rings. The molecule has 14 heavy (non-hydrogen) atoms. The summed E-state index contributed by atoms with van der Waals surface area (Å²) in [4.78, 5) is 0. The molecule has 0 N–H and O–H groups in total. The van der Waals surface area contributed by atoms with Crippen LogP contribution in [0.4, 0.5) is 4.39 Å². The Kier molecular flexibility index (Phi) is 3.89. The van der Waals surface area contributed by atoms with E-state index in [9.17, 15) is 4.39 Å². The zero-order chi connectivity index (χ0) is 10.6. The van der Waals surface area contributed by atoms with Crippen molar-refractivity contribution in [3.8, 4) is 0 Å². The van der Waals surface area contributed by atoms with Gasteiger partial charge in [0.1, 0.15) is 5.76 Å². The van der Waals surface area contributed by atoms with E-state index in [2.05, 4.69) is 6.58 Å². The molecule has 3 heteroatoms. The van der Waals surface area contributed by atoms with E-state index in [1.807, 2.05) is 19.1 Å². The Morgan fingerprint density at radius 3 is 2.86 bits per heavy atom. The lowest BCUT2D eigenvalue weighted by Gasteiger charge is -2.14. The predicted octanol–water partition coefficient (Wildman–Crippen LogP) is 3.08. The second-order valence-corrected chi connectivity index (χ2v) is 3.13. The van der Waals surface area contributed by atoms with Crippen LogP contribution in [0, 0.1) is 0 Å². The van der Waals surface area contributed by atoms with Crippen molar-refractivity contribution in [3.05, 3.63) is 36.1 Å². The van der Waals surface area contributed by atoms with E-state index in [1.54, 1.807) is 13.0 Å². The maximum absolute atomic E-state index is 13.0. The van der Waals surface area contributed by atoms with Gasteiger partial charge in [0, 0.05) is 0 Å². The van der Waals surface area contributed by atoms with E-state index in [0.29, 0.717) is 0 Å². The zero-order valence-electron chi connectivity index (χ0n) is 8.50. The molecule has 2 nitrogen and oxygen atoms in total. The smallest absolute Gasteiger partial charge is 0.353 e. The van der Waals surface area contributed by atoms with Gasteiger partial charge in [0.25, 0.3) is 0 Å². The van der Waals surface area contributed by atoms with Crippen molar-refractivity contribution in [2.24, 2.45) is 0 Å². The highest BCUT2D eigenvalue weighted by atomic mass is 19.2. The van der Waals surface area contributed by atoms with E-state index in [4.69, 9.17) is 9.47 Å². The topological polar surface area (TPSA) is 18.5 Å². The van der Waals surface area contributed by atoms with Crippen LogP contribution in [0.3, 0.4) is 0 Å². The largest absolute Gasteiger partial charge is 0.439 e. The maximum atomic E-state index is 13.0. The minimum absolute atomic E-state index is 0.269. The Bertz CT molecular complexity index is 268. The summed E-state index contributed by atoms with van der Waals surface area (Å²) < 4.78 is 22.6. The third kappa shape index (κ3) is 3.34. The SMILES string of the molecule is C=C1/C=C\C(CC)=C/C(C)OC(F)O1. The Hall–Kier alpha value is -1.09. The minimum atomic E-state index is -1.74. The van der Waals surface area contributed by atoms with E-state index < -0.39 is 6.54 Å². The third-order valence-corrected chi connectivity index (χ3v) is 1.91. The summed E-state index contributed by atoms with van der Waals surface area (Å²) in [6.07, 6.45) is 5.94. The average molecular weight is 198 g/mol. The van der Waals surface area contributed by atoms with Gasteiger partial charge in [-0.2, -0.15) is 4.39 Å². The van der Waals surface area contributed by atoms with E-state index >= 15 is 0 Å². The van der Waals surface area contributed by atoms with E-state index in [0.717, 1.165) is 12.0 Å². The van der Waals surface area contributed by atoms with Gasteiger partial charge in [-0.05, 0) is 25.0 Å². The number of allylic oxidation sites excluding steroid dienone is 3. The minimum Gasteiger partial charge on any atom is -0.439 e. The highest BCUT2D eigenvalue weighted by Gasteiger charge is 2.13. The summed E-state index contributed by atoms with van der Waals surface area (Å²) in [5.74, 6) is 0.269. The molecule has 0 aliphatic carbocycles. The second-order valence-electron chi connectivity index (χ2n) is 3.13. The summed E-state index contributed by atoms with van der Waals surface area (Å²) in [6.45, 7) is 5.60. The van der Waals surface area contributed by atoms with Crippen LogP contribution in [-0.2, 0) is 9.47 Å². The average Bonchev–Trinajstić information content (AvgIpc) is 2.15. The highest BCUT2D eigenvalue weighted by molar-refractivity contribution is 5.24. The van der Waals surface area contributed by atoms with Gasteiger partial charge >= 0.3 is 6.54 Å². The Morgan fingerprint density at radius 1 is 1.50 bits per heavy atom. The fraction of sp³-hybridized carbons (Fsp3) is 0.455. The predicted molar refractivity (Wildman–Crippen MR) is 53.2 cm³/mol. The first kappa shape index (κ1) is 11.0. The summed E-state index contributed by atoms with van der Waals surface area (Å²) in [5, 5.41) is 0. The van der Waals surface area contributed by atoms with Crippen molar-refractivity contribution >= 4 is 0 Å². The van der Waals surface area contributed by atoms with Gasteiger partial charge in [-0.3, -0.25) is 0 Å². The first-order valence-electron chi connectivity index (χ1n) is 4.65. The molecular formula is C11H15FO2. The van der Waals surface area contributed by atoms with Gasteiger partial charge in [-0.15, -0.1) is 0 Å². The molecule has 0 amide bonds. The fourth-order valence-corrected chi connectivity index (χ4v) is 1.19. The molecule has 0 spiro atoms. The summed E-state index contributed by atoms with van der Waals surface area (Å²) in [5.41, 5.74) is 1.08. The molecule has 0 bridgehead atoms. The number of alkyl halides is 1. The lowest BCUT2D eigenvalue weighted by atomic mass is 10.1. The third-order valence-electron chi connectivity index (χ3n) is 1.91. The molecule has 0 saturated heterocycles. The number of hydrogen-bond donors (Lipinski definition) is 0. The molecule has 2 atom stereocenters. The normalized spacial score (nSPS) is 34.5. The lowest BCUT2D eigenvalue weighted by Crippen LogP contribution is -2.16. The molecular weight excluding hydrogens is 183 g/mol. The van der Waals surface area contributed by atoms with Crippen molar-refractivity contribution in [2.75, 3.05) is 0 Å². The Labute approximate surface area is 83.7 Å². The maximum Gasteiger partial charge on any atom is 0.353 e. The van der Waals surface area contributed by atoms with E-state index in [1.165, 1.54) is 0 Å². The first-order valence-corrected chi connectivity index (χ1v) is 4.65. The monoisotopic (exact) mass is 198 g/mol. The van der Waals surface area contributed by atoms with Crippen LogP contribution in [0.5, 0.6) is 0 Å². The number of rotatable bonds is 1. The highest BCUT2D eigenvalue weighted by Crippen LogP contribution is 2.15. The van der Waals surface area contributed by atoms with Crippen LogP contribution in [0.1, 0.15) is 20.3 Å². The summed E-state index contributed by atoms with van der Waals surface area (Å²) in [7, 11) is 0. The summed E-state index contributed by atoms with van der Waals surface area (Å²) in [6, 6.07) is 0. The molecule has 1 aliphatic heterocycles. The second kappa shape index (κ2) is 4.96. The van der Waals surface area contributed by atoms with Crippen LogP contribution in [0.25, 0.3) is 0 Å². The van der Waals surface area contributed by atoms with Crippen molar-refractivity contribution in [3.63, 3.8) is 0 Å². The van der Waals surface area contributed by atoms with E-state index in [-0.39, 0.29) is 11.9 Å². The van der Waals surface area contributed by atoms with Gasteiger partial charge in [0.15, 0.2) is 0 Å². The van der Waals surface area contributed by atoms with Gasteiger partial charge in [0.2, 0.25) is 0 Å². The molecule has 1 aliphatic rings. The van der Waals surface area contributed by atoms with Gasteiger partial charge in [0.05, 0.1) is 6.10 Å².